The maximum absolute atomic E-state index is 11.2. The van der Waals surface area contributed by atoms with E-state index in [4.69, 9.17) is 0 Å². The minimum Gasteiger partial charge on any atom is -0.346 e. The minimum atomic E-state index is 0.311. The van der Waals surface area contributed by atoms with E-state index in [-0.39, 0.29) is 0 Å². The molecule has 2 nitrogen and oxygen atoms in total. The van der Waals surface area contributed by atoms with E-state index in [1.807, 2.05) is 11.9 Å². The molecule has 0 aromatic heterocycles. The van der Waals surface area contributed by atoms with Gasteiger partial charge in [0.1, 0.15) is 0 Å². The maximum Gasteiger partial charge on any atom is 0.222 e. The lowest BCUT2D eigenvalue weighted by Gasteiger charge is -2.21. The average molecular weight is 267 g/mol. The van der Waals surface area contributed by atoms with Crippen molar-refractivity contribution in [2.45, 2.75) is 29.6 Å². The van der Waals surface area contributed by atoms with E-state index in [1.54, 1.807) is 0 Å². The van der Waals surface area contributed by atoms with Gasteiger partial charge >= 0.3 is 0 Å². The largest absolute Gasteiger partial charge is 0.346 e. The number of alkyl halides is 1. The lowest BCUT2D eigenvalue weighted by Crippen LogP contribution is -2.30. The highest BCUT2D eigenvalue weighted by molar-refractivity contribution is 14.1. The molecule has 1 aliphatic heterocycles. The van der Waals surface area contributed by atoms with Gasteiger partial charge in [0.2, 0.25) is 5.91 Å². The number of nitrogens with zero attached hydrogens (tertiary/aromatic N) is 1. The number of likely N-dealkylation sites (tertiary alicyclic amines) is 1. The van der Waals surface area contributed by atoms with Crippen molar-refractivity contribution >= 4 is 28.5 Å². The molecule has 1 atom stereocenters. The van der Waals surface area contributed by atoms with E-state index in [9.17, 15) is 4.79 Å². The van der Waals surface area contributed by atoms with E-state index in [1.165, 1.54) is 6.42 Å². The van der Waals surface area contributed by atoms with Crippen molar-refractivity contribution in [3.63, 3.8) is 0 Å². The zero-order valence-electron chi connectivity index (χ0n) is 6.85. The van der Waals surface area contributed by atoms with Crippen molar-refractivity contribution in [1.29, 1.82) is 0 Å². The fraction of sp³-hybridized carbons (Fsp3) is 0.875. The van der Waals surface area contributed by atoms with Gasteiger partial charge in [-0.1, -0.05) is 22.6 Å². The molecule has 64 valence electrons. The van der Waals surface area contributed by atoms with Gasteiger partial charge in [-0.3, -0.25) is 4.79 Å². The first-order valence-electron chi connectivity index (χ1n) is 4.08. The molecule has 1 saturated heterocycles. The van der Waals surface area contributed by atoms with Crippen molar-refractivity contribution in [2.75, 3.05) is 13.6 Å². The molecular weight excluding hydrogens is 253 g/mol. The summed E-state index contributed by atoms with van der Waals surface area (Å²) in [5.41, 5.74) is 0. The molecule has 1 rings (SSSR count). The Balaban J connectivity index is 2.41. The predicted octanol–water partition coefficient (Wildman–Crippen LogP) is 1.82. The number of rotatable bonds is 0. The number of hydrogen-bond donors (Lipinski definition) is 0. The van der Waals surface area contributed by atoms with E-state index >= 15 is 0 Å². The Morgan fingerprint density at radius 2 is 2.27 bits per heavy atom. The Labute approximate surface area is 81.5 Å². The van der Waals surface area contributed by atoms with Crippen LogP contribution >= 0.6 is 22.6 Å². The summed E-state index contributed by atoms with van der Waals surface area (Å²) < 4.78 is 0.713. The van der Waals surface area contributed by atoms with Crippen molar-refractivity contribution in [3.8, 4) is 0 Å². The first-order valence-corrected chi connectivity index (χ1v) is 5.33. The minimum absolute atomic E-state index is 0.311. The first kappa shape index (κ1) is 9.29. The summed E-state index contributed by atoms with van der Waals surface area (Å²) in [7, 11) is 1.90. The molecule has 1 amide bonds. The summed E-state index contributed by atoms with van der Waals surface area (Å²) in [4.78, 5) is 13.1. The van der Waals surface area contributed by atoms with Crippen molar-refractivity contribution in [2.24, 2.45) is 0 Å². The van der Waals surface area contributed by atoms with Gasteiger partial charge in [-0.2, -0.15) is 0 Å². The van der Waals surface area contributed by atoms with E-state index in [2.05, 4.69) is 22.6 Å². The summed E-state index contributed by atoms with van der Waals surface area (Å²) in [5, 5.41) is 0. The normalized spacial score (nSPS) is 28.0. The van der Waals surface area contributed by atoms with Crippen LogP contribution in [0.15, 0.2) is 0 Å². The van der Waals surface area contributed by atoms with Crippen LogP contribution in [0.1, 0.15) is 25.7 Å². The Morgan fingerprint density at radius 3 is 3.00 bits per heavy atom. The van der Waals surface area contributed by atoms with Gasteiger partial charge in [0.15, 0.2) is 0 Å². The number of carbonyl (C=O) groups is 1. The third-order valence-corrected chi connectivity index (χ3v) is 3.35. The zero-order chi connectivity index (χ0) is 8.27. The van der Waals surface area contributed by atoms with Crippen LogP contribution in [-0.2, 0) is 4.79 Å². The molecule has 11 heavy (non-hydrogen) atoms. The highest BCUT2D eigenvalue weighted by Gasteiger charge is 2.15. The lowest BCUT2D eigenvalue weighted by molar-refractivity contribution is -0.130. The van der Waals surface area contributed by atoms with Crippen molar-refractivity contribution in [3.05, 3.63) is 0 Å². The Kier molecular flexibility index (Phi) is 3.62. The Bertz CT molecular complexity index is 149. The van der Waals surface area contributed by atoms with E-state index < -0.39 is 0 Å². The van der Waals surface area contributed by atoms with E-state index in [0.717, 1.165) is 25.8 Å². The van der Waals surface area contributed by atoms with Gasteiger partial charge < -0.3 is 4.90 Å². The summed E-state index contributed by atoms with van der Waals surface area (Å²) in [6.07, 6.45) is 4.22. The molecule has 3 heteroatoms. The highest BCUT2D eigenvalue weighted by atomic mass is 127. The molecule has 0 radical (unpaired) electrons. The smallest absolute Gasteiger partial charge is 0.222 e. The summed E-state index contributed by atoms with van der Waals surface area (Å²) >= 11 is 2.45. The number of carbonyl (C=O) groups excluding carboxylic acids is 1. The molecule has 0 aliphatic carbocycles. The maximum atomic E-state index is 11.2. The van der Waals surface area contributed by atoms with Gasteiger partial charge in [-0.25, -0.2) is 0 Å². The zero-order valence-corrected chi connectivity index (χ0v) is 9.00. The molecule has 0 N–H and O–H groups in total. The Morgan fingerprint density at radius 1 is 1.55 bits per heavy atom. The van der Waals surface area contributed by atoms with Crippen molar-refractivity contribution < 1.29 is 4.79 Å². The van der Waals surface area contributed by atoms with E-state index in [0.29, 0.717) is 9.83 Å². The molecule has 0 bridgehead atoms. The summed E-state index contributed by atoms with van der Waals surface area (Å²) in [5.74, 6) is 0.311. The highest BCUT2D eigenvalue weighted by Crippen LogP contribution is 2.18. The van der Waals surface area contributed by atoms with Crippen LogP contribution in [0.3, 0.4) is 0 Å². The number of hydrogen-bond acceptors (Lipinski definition) is 1. The molecular formula is C8H14INO. The lowest BCUT2D eigenvalue weighted by atomic mass is 10.1. The molecule has 1 aliphatic rings. The average Bonchev–Trinajstić information content (AvgIpc) is 1.98. The van der Waals surface area contributed by atoms with Crippen LogP contribution in [0.25, 0.3) is 0 Å². The molecule has 1 fully saturated rings. The third-order valence-electron chi connectivity index (χ3n) is 2.11. The SMILES string of the molecule is CN1CCCC(I)CCC1=O. The van der Waals surface area contributed by atoms with Gasteiger partial charge in [0.25, 0.3) is 0 Å². The van der Waals surface area contributed by atoms with Crippen LogP contribution < -0.4 is 0 Å². The Hall–Kier alpha value is 0.200. The van der Waals surface area contributed by atoms with Crippen molar-refractivity contribution in [1.82, 2.24) is 4.90 Å². The van der Waals surface area contributed by atoms with Crippen LogP contribution in [-0.4, -0.2) is 28.3 Å². The standard InChI is InChI=1S/C8H14INO/c1-10-6-2-3-7(9)4-5-8(10)11/h7H,2-6H2,1H3. The van der Waals surface area contributed by atoms with Crippen LogP contribution in [0.2, 0.25) is 0 Å². The molecule has 1 unspecified atom stereocenters. The molecule has 0 saturated carbocycles. The fourth-order valence-corrected chi connectivity index (χ4v) is 2.04. The first-order chi connectivity index (χ1) is 5.20. The quantitative estimate of drug-likeness (QED) is 0.484. The third kappa shape index (κ3) is 2.97. The molecule has 0 spiro atoms. The van der Waals surface area contributed by atoms with Gasteiger partial charge in [-0.15, -0.1) is 0 Å². The predicted molar refractivity (Wildman–Crippen MR) is 53.9 cm³/mol. The molecule has 0 aromatic rings. The second kappa shape index (κ2) is 4.28. The molecule has 1 heterocycles. The van der Waals surface area contributed by atoms with Gasteiger partial charge in [-0.05, 0) is 19.3 Å². The second-order valence-electron chi connectivity index (χ2n) is 3.09. The van der Waals surface area contributed by atoms with Gasteiger partial charge in [0, 0.05) is 23.9 Å². The van der Waals surface area contributed by atoms with Crippen LogP contribution in [0.5, 0.6) is 0 Å². The monoisotopic (exact) mass is 267 g/mol. The second-order valence-corrected chi connectivity index (χ2v) is 4.86. The summed E-state index contributed by atoms with van der Waals surface area (Å²) in [6.45, 7) is 0.943. The van der Waals surface area contributed by atoms with Crippen LogP contribution in [0, 0.1) is 0 Å². The number of amides is 1. The molecule has 0 aromatic carbocycles. The van der Waals surface area contributed by atoms with Crippen LogP contribution in [0.4, 0.5) is 0 Å². The fourth-order valence-electron chi connectivity index (χ4n) is 1.29. The topological polar surface area (TPSA) is 20.3 Å². The van der Waals surface area contributed by atoms with Gasteiger partial charge in [0.05, 0.1) is 0 Å². The summed E-state index contributed by atoms with van der Waals surface area (Å²) in [6, 6.07) is 0. The number of halogens is 1.